The van der Waals surface area contributed by atoms with E-state index >= 15 is 0 Å². The van der Waals surface area contributed by atoms with Crippen LogP contribution in [0.2, 0.25) is 0 Å². The molecule has 0 radical (unpaired) electrons. The third-order valence-corrected chi connectivity index (χ3v) is 1.12. The highest BCUT2D eigenvalue weighted by Gasteiger charge is 1.89. The lowest BCUT2D eigenvalue weighted by molar-refractivity contribution is 0.491. The Bertz CT molecular complexity index is 145. The fourth-order valence-corrected chi connectivity index (χ4v) is 0.704. The molecular formula is C3H4N2OS. The van der Waals surface area contributed by atoms with Gasteiger partial charge in [-0.05, 0) is 0 Å². The van der Waals surface area contributed by atoms with E-state index in [2.05, 4.69) is 4.37 Å². The number of nitrogens with zero attached hydrogens (tertiary/aromatic N) is 1. The van der Waals surface area contributed by atoms with Gasteiger partial charge in [0.25, 0.3) is 0 Å². The van der Waals surface area contributed by atoms with Gasteiger partial charge in [0, 0.05) is 17.6 Å². The first-order chi connectivity index (χ1) is 3.29. The molecule has 0 bridgehead atoms. The predicted octanol–water partition coefficient (Wildman–Crippen LogP) is 0.431. The summed E-state index contributed by atoms with van der Waals surface area (Å²) in [6.45, 7) is 0. The molecule has 0 spiro atoms. The molecule has 1 heterocycles. The van der Waals surface area contributed by atoms with Crippen molar-refractivity contribution in [3.63, 3.8) is 0 Å². The molecular weight excluding hydrogens is 112 g/mol. The molecule has 0 aromatic carbocycles. The van der Waals surface area contributed by atoms with Crippen LogP contribution in [0, 0.1) is 0 Å². The summed E-state index contributed by atoms with van der Waals surface area (Å²) in [5, 5.41) is 8.69. The fraction of sp³-hybridized carbons (Fsp3) is 0. The normalized spacial score (nSPS) is 9.14. The maximum absolute atomic E-state index is 8.53. The lowest BCUT2D eigenvalue weighted by Gasteiger charge is -1.69. The number of nitrogen functional groups attached to an aromatic ring is 1. The van der Waals surface area contributed by atoms with E-state index in [0.717, 1.165) is 11.5 Å². The van der Waals surface area contributed by atoms with Crippen molar-refractivity contribution in [3.05, 3.63) is 6.07 Å². The molecule has 0 atom stereocenters. The molecule has 4 heteroatoms. The lowest BCUT2D eigenvalue weighted by Crippen LogP contribution is -1.78. The second-order valence-electron chi connectivity index (χ2n) is 1.09. The molecule has 1 rings (SSSR count). The van der Waals surface area contributed by atoms with E-state index < -0.39 is 0 Å². The van der Waals surface area contributed by atoms with E-state index in [9.17, 15) is 0 Å². The van der Waals surface area contributed by atoms with Gasteiger partial charge in [-0.3, -0.25) is 0 Å². The predicted molar refractivity (Wildman–Crippen MR) is 28.2 cm³/mol. The first-order valence-corrected chi connectivity index (χ1v) is 2.47. The summed E-state index contributed by atoms with van der Waals surface area (Å²) in [7, 11) is 0. The first kappa shape index (κ1) is 4.39. The minimum absolute atomic E-state index is 0.164. The van der Waals surface area contributed by atoms with E-state index in [0.29, 0.717) is 5.82 Å². The molecule has 1 aromatic heterocycles. The highest BCUT2D eigenvalue weighted by Crippen LogP contribution is 2.16. The lowest BCUT2D eigenvalue weighted by atomic mass is 10.7. The molecule has 0 aliphatic rings. The van der Waals surface area contributed by atoms with Crippen LogP contribution in [0.1, 0.15) is 0 Å². The zero-order valence-corrected chi connectivity index (χ0v) is 4.27. The topological polar surface area (TPSA) is 59.1 Å². The molecule has 7 heavy (non-hydrogen) atoms. The Morgan fingerprint density at radius 1 is 1.86 bits per heavy atom. The largest absolute Gasteiger partial charge is 0.498 e. The van der Waals surface area contributed by atoms with Gasteiger partial charge in [-0.25, -0.2) is 0 Å². The van der Waals surface area contributed by atoms with E-state index in [4.69, 9.17) is 10.8 Å². The quantitative estimate of drug-likeness (QED) is 0.516. The van der Waals surface area contributed by atoms with Gasteiger partial charge in [0.2, 0.25) is 0 Å². The summed E-state index contributed by atoms with van der Waals surface area (Å²) in [5.74, 6) is 0.377. The van der Waals surface area contributed by atoms with Crippen LogP contribution in [0.5, 0.6) is 5.06 Å². The average molecular weight is 116 g/mol. The van der Waals surface area contributed by atoms with Crippen molar-refractivity contribution in [3.8, 4) is 5.06 Å². The third-order valence-electron chi connectivity index (χ3n) is 0.516. The maximum atomic E-state index is 8.53. The van der Waals surface area contributed by atoms with Gasteiger partial charge in [-0.2, -0.15) is 4.37 Å². The zero-order valence-electron chi connectivity index (χ0n) is 3.46. The Kier molecular flexibility index (Phi) is 0.867. The summed E-state index contributed by atoms with van der Waals surface area (Å²) < 4.78 is 3.59. The summed E-state index contributed by atoms with van der Waals surface area (Å²) >= 11 is 0.985. The van der Waals surface area contributed by atoms with Crippen LogP contribution < -0.4 is 5.73 Å². The van der Waals surface area contributed by atoms with Gasteiger partial charge in [0.1, 0.15) is 5.82 Å². The number of anilines is 1. The Morgan fingerprint density at radius 2 is 2.57 bits per heavy atom. The van der Waals surface area contributed by atoms with E-state index in [1.807, 2.05) is 0 Å². The second-order valence-corrected chi connectivity index (χ2v) is 1.87. The van der Waals surface area contributed by atoms with Crippen LogP contribution in [-0.2, 0) is 0 Å². The van der Waals surface area contributed by atoms with Gasteiger partial charge in [-0.15, -0.1) is 0 Å². The molecule has 0 amide bonds. The highest BCUT2D eigenvalue weighted by molar-refractivity contribution is 7.07. The Labute approximate surface area is 44.6 Å². The average Bonchev–Trinajstić information content (AvgIpc) is 1.87. The number of hydrogen-bond donors (Lipinski definition) is 2. The number of rotatable bonds is 0. The van der Waals surface area contributed by atoms with Crippen LogP contribution in [-0.4, -0.2) is 9.48 Å². The SMILES string of the molecule is Nc1cc(O)sn1. The van der Waals surface area contributed by atoms with Crippen molar-refractivity contribution < 1.29 is 5.11 Å². The Hall–Kier alpha value is -0.770. The summed E-state index contributed by atoms with van der Waals surface area (Å²) in [6.07, 6.45) is 0. The molecule has 0 saturated heterocycles. The van der Waals surface area contributed by atoms with E-state index in [1.165, 1.54) is 6.07 Å². The molecule has 0 saturated carbocycles. The van der Waals surface area contributed by atoms with Crippen LogP contribution in [0.3, 0.4) is 0 Å². The molecule has 1 aromatic rings. The molecule has 0 fully saturated rings. The van der Waals surface area contributed by atoms with E-state index in [1.54, 1.807) is 0 Å². The van der Waals surface area contributed by atoms with Crippen molar-refractivity contribution >= 4 is 17.4 Å². The summed E-state index contributed by atoms with van der Waals surface area (Å²) in [5.41, 5.74) is 5.12. The number of aromatic nitrogens is 1. The molecule has 0 aliphatic heterocycles. The minimum Gasteiger partial charge on any atom is -0.498 e. The number of hydrogen-bond acceptors (Lipinski definition) is 4. The van der Waals surface area contributed by atoms with Gasteiger partial charge in [-0.1, -0.05) is 0 Å². The van der Waals surface area contributed by atoms with Gasteiger partial charge < -0.3 is 10.8 Å². The third kappa shape index (κ3) is 0.806. The van der Waals surface area contributed by atoms with Gasteiger partial charge >= 0.3 is 0 Å². The Balaban J connectivity index is 3.04. The van der Waals surface area contributed by atoms with Gasteiger partial charge in [0.05, 0.1) is 0 Å². The van der Waals surface area contributed by atoms with Crippen molar-refractivity contribution in [1.82, 2.24) is 4.37 Å². The van der Waals surface area contributed by atoms with Crippen LogP contribution in [0.15, 0.2) is 6.07 Å². The summed E-state index contributed by atoms with van der Waals surface area (Å²) in [6, 6.07) is 1.41. The molecule has 0 aliphatic carbocycles. The first-order valence-electron chi connectivity index (χ1n) is 1.70. The monoisotopic (exact) mass is 116 g/mol. The van der Waals surface area contributed by atoms with Crippen molar-refractivity contribution in [2.45, 2.75) is 0 Å². The molecule has 0 unspecified atom stereocenters. The zero-order chi connectivity index (χ0) is 5.28. The minimum atomic E-state index is 0.164. The second kappa shape index (κ2) is 1.38. The van der Waals surface area contributed by atoms with Crippen molar-refractivity contribution in [2.75, 3.05) is 5.73 Å². The molecule has 38 valence electrons. The van der Waals surface area contributed by atoms with E-state index in [-0.39, 0.29) is 5.06 Å². The van der Waals surface area contributed by atoms with Crippen molar-refractivity contribution in [1.29, 1.82) is 0 Å². The van der Waals surface area contributed by atoms with Crippen molar-refractivity contribution in [2.24, 2.45) is 0 Å². The molecule has 3 N–H and O–H groups in total. The van der Waals surface area contributed by atoms with Crippen LogP contribution >= 0.6 is 11.5 Å². The maximum Gasteiger partial charge on any atom is 0.193 e. The number of aromatic hydroxyl groups is 1. The molecule has 3 nitrogen and oxygen atoms in total. The fourth-order valence-electron chi connectivity index (χ4n) is 0.279. The number of nitrogens with two attached hydrogens (primary N) is 1. The highest BCUT2D eigenvalue weighted by atomic mass is 32.1. The van der Waals surface area contributed by atoms with Gasteiger partial charge in [0.15, 0.2) is 5.06 Å². The smallest absolute Gasteiger partial charge is 0.193 e. The summed E-state index contributed by atoms with van der Waals surface area (Å²) in [4.78, 5) is 0. The van der Waals surface area contributed by atoms with Crippen LogP contribution in [0.4, 0.5) is 5.82 Å². The van der Waals surface area contributed by atoms with Crippen LogP contribution in [0.25, 0.3) is 0 Å². The standard InChI is InChI=1S/C3H4N2OS/c4-2-1-3(6)7-5-2/h1,6H,(H2,4,5). The Morgan fingerprint density at radius 3 is 2.71 bits per heavy atom.